The highest BCUT2D eigenvalue weighted by Crippen LogP contribution is 2.25. The molecule has 1 saturated heterocycles. The summed E-state index contributed by atoms with van der Waals surface area (Å²) < 4.78 is 13.8. The zero-order chi connectivity index (χ0) is 11.6. The van der Waals surface area contributed by atoms with Crippen molar-refractivity contribution < 1.29 is 9.18 Å². The van der Waals surface area contributed by atoms with Crippen LogP contribution in [-0.2, 0) is 0 Å². The summed E-state index contributed by atoms with van der Waals surface area (Å²) in [6, 6.07) is 3.42. The standard InChI is InChI=1S/C12H15FN2O/c1-12(13)5-3-7-15(9-12)11(16)10-4-2-6-14-8-10/h2,4,6,8H,3,5,7,9H2,1H3/t12-/m1/s1. The SMILES string of the molecule is C[C@@]1(F)CCCN(C(=O)c2cccnc2)C1. The predicted octanol–water partition coefficient (Wildman–Crippen LogP) is 2.05. The van der Waals surface area contributed by atoms with Crippen molar-refractivity contribution in [2.45, 2.75) is 25.4 Å². The fraction of sp³-hybridized carbons (Fsp3) is 0.500. The van der Waals surface area contributed by atoms with Gasteiger partial charge in [-0.25, -0.2) is 4.39 Å². The van der Waals surface area contributed by atoms with Crippen molar-refractivity contribution >= 4 is 5.91 Å². The van der Waals surface area contributed by atoms with Gasteiger partial charge in [0.1, 0.15) is 5.67 Å². The largest absolute Gasteiger partial charge is 0.335 e. The Kier molecular flexibility index (Phi) is 2.90. The third kappa shape index (κ3) is 2.38. The van der Waals surface area contributed by atoms with Gasteiger partial charge in [0.05, 0.1) is 12.1 Å². The highest BCUT2D eigenvalue weighted by molar-refractivity contribution is 5.94. The number of hydrogen-bond donors (Lipinski definition) is 0. The molecule has 1 aromatic rings. The summed E-state index contributed by atoms with van der Waals surface area (Å²) in [5, 5.41) is 0. The predicted molar refractivity (Wildman–Crippen MR) is 58.9 cm³/mol. The van der Waals surface area contributed by atoms with E-state index in [1.54, 1.807) is 30.2 Å². The number of carbonyl (C=O) groups excluding carboxylic acids is 1. The second kappa shape index (κ2) is 4.20. The minimum atomic E-state index is -1.25. The molecule has 2 rings (SSSR count). The van der Waals surface area contributed by atoms with Gasteiger partial charge in [0.25, 0.3) is 5.91 Å². The van der Waals surface area contributed by atoms with Gasteiger partial charge in [-0.15, -0.1) is 0 Å². The molecule has 2 heterocycles. The molecule has 3 nitrogen and oxygen atoms in total. The number of alkyl halides is 1. The molecule has 1 aliphatic heterocycles. The van der Waals surface area contributed by atoms with E-state index in [1.165, 1.54) is 6.20 Å². The van der Waals surface area contributed by atoms with E-state index in [9.17, 15) is 9.18 Å². The van der Waals surface area contributed by atoms with E-state index >= 15 is 0 Å². The lowest BCUT2D eigenvalue weighted by Gasteiger charge is -2.35. The Hall–Kier alpha value is -1.45. The molecule has 0 bridgehead atoms. The van der Waals surface area contributed by atoms with Gasteiger partial charge in [0.15, 0.2) is 0 Å². The monoisotopic (exact) mass is 222 g/mol. The number of rotatable bonds is 1. The van der Waals surface area contributed by atoms with Crippen LogP contribution < -0.4 is 0 Å². The third-order valence-corrected chi connectivity index (χ3v) is 2.84. The van der Waals surface area contributed by atoms with Crippen LogP contribution in [0.4, 0.5) is 4.39 Å². The topological polar surface area (TPSA) is 33.2 Å². The summed E-state index contributed by atoms with van der Waals surface area (Å²) in [5.74, 6) is -0.128. The number of hydrogen-bond acceptors (Lipinski definition) is 2. The molecule has 16 heavy (non-hydrogen) atoms. The second-order valence-corrected chi connectivity index (χ2v) is 4.49. The third-order valence-electron chi connectivity index (χ3n) is 2.84. The molecule has 0 saturated carbocycles. The van der Waals surface area contributed by atoms with Crippen LogP contribution in [0.1, 0.15) is 30.1 Å². The van der Waals surface area contributed by atoms with Gasteiger partial charge in [-0.05, 0) is 31.9 Å². The first kappa shape index (κ1) is 11.0. The number of amides is 1. The molecule has 4 heteroatoms. The number of likely N-dealkylation sites (tertiary alicyclic amines) is 1. The number of piperidine rings is 1. The first-order chi connectivity index (χ1) is 7.58. The van der Waals surface area contributed by atoms with E-state index in [-0.39, 0.29) is 12.5 Å². The zero-order valence-electron chi connectivity index (χ0n) is 9.32. The van der Waals surface area contributed by atoms with Crippen molar-refractivity contribution in [3.05, 3.63) is 30.1 Å². The summed E-state index contributed by atoms with van der Waals surface area (Å²) >= 11 is 0. The van der Waals surface area contributed by atoms with E-state index in [0.29, 0.717) is 18.5 Å². The summed E-state index contributed by atoms with van der Waals surface area (Å²) in [5.41, 5.74) is -0.726. The van der Waals surface area contributed by atoms with Crippen molar-refractivity contribution in [3.8, 4) is 0 Å². The first-order valence-corrected chi connectivity index (χ1v) is 5.47. The molecule has 0 aromatic carbocycles. The maximum atomic E-state index is 13.8. The van der Waals surface area contributed by atoms with Crippen LogP contribution in [0.25, 0.3) is 0 Å². The van der Waals surface area contributed by atoms with Crippen molar-refractivity contribution in [2.24, 2.45) is 0 Å². The maximum absolute atomic E-state index is 13.8. The van der Waals surface area contributed by atoms with Crippen molar-refractivity contribution in [2.75, 3.05) is 13.1 Å². The molecule has 0 N–H and O–H groups in total. The molecular weight excluding hydrogens is 207 g/mol. The van der Waals surface area contributed by atoms with Gasteiger partial charge in [-0.1, -0.05) is 0 Å². The Morgan fingerprint density at radius 3 is 3.06 bits per heavy atom. The lowest BCUT2D eigenvalue weighted by Crippen LogP contribution is -2.46. The number of halogens is 1. The Bertz CT molecular complexity index is 378. The molecule has 0 radical (unpaired) electrons. The summed E-state index contributed by atoms with van der Waals surface area (Å²) in [6.45, 7) is 2.36. The number of nitrogens with zero attached hydrogens (tertiary/aromatic N) is 2. The molecule has 0 spiro atoms. The van der Waals surface area contributed by atoms with Gasteiger partial charge in [-0.2, -0.15) is 0 Å². The molecule has 0 unspecified atom stereocenters. The van der Waals surface area contributed by atoms with Crippen LogP contribution >= 0.6 is 0 Å². The van der Waals surface area contributed by atoms with Crippen LogP contribution in [0.2, 0.25) is 0 Å². The average molecular weight is 222 g/mol. The normalized spacial score (nSPS) is 25.5. The lowest BCUT2D eigenvalue weighted by atomic mass is 9.96. The van der Waals surface area contributed by atoms with E-state index in [1.807, 2.05) is 0 Å². The molecular formula is C12H15FN2O. The maximum Gasteiger partial charge on any atom is 0.255 e. The van der Waals surface area contributed by atoms with Crippen molar-refractivity contribution in [1.82, 2.24) is 9.88 Å². The molecule has 1 atom stereocenters. The first-order valence-electron chi connectivity index (χ1n) is 5.47. The molecule has 1 fully saturated rings. The van der Waals surface area contributed by atoms with E-state index in [2.05, 4.69) is 4.98 Å². The van der Waals surface area contributed by atoms with Gasteiger partial charge in [-0.3, -0.25) is 9.78 Å². The van der Waals surface area contributed by atoms with Crippen LogP contribution in [0, 0.1) is 0 Å². The zero-order valence-corrected chi connectivity index (χ0v) is 9.32. The van der Waals surface area contributed by atoms with Gasteiger partial charge in [0, 0.05) is 18.9 Å². The van der Waals surface area contributed by atoms with Crippen LogP contribution in [0.5, 0.6) is 0 Å². The van der Waals surface area contributed by atoms with E-state index in [4.69, 9.17) is 0 Å². The quantitative estimate of drug-likeness (QED) is 0.728. The minimum Gasteiger partial charge on any atom is -0.335 e. The van der Waals surface area contributed by atoms with Gasteiger partial charge >= 0.3 is 0 Å². The molecule has 0 aliphatic carbocycles. The fourth-order valence-corrected chi connectivity index (χ4v) is 2.04. The van der Waals surface area contributed by atoms with Crippen molar-refractivity contribution in [3.63, 3.8) is 0 Å². The Balaban J connectivity index is 2.11. The molecule has 1 amide bonds. The molecule has 1 aromatic heterocycles. The number of pyridine rings is 1. The second-order valence-electron chi connectivity index (χ2n) is 4.49. The number of carbonyl (C=O) groups is 1. The highest BCUT2D eigenvalue weighted by Gasteiger charge is 2.33. The van der Waals surface area contributed by atoms with E-state index in [0.717, 1.165) is 6.42 Å². The highest BCUT2D eigenvalue weighted by atomic mass is 19.1. The fourth-order valence-electron chi connectivity index (χ4n) is 2.04. The summed E-state index contributed by atoms with van der Waals surface area (Å²) in [7, 11) is 0. The van der Waals surface area contributed by atoms with Gasteiger partial charge < -0.3 is 4.90 Å². The van der Waals surface area contributed by atoms with E-state index < -0.39 is 5.67 Å². The summed E-state index contributed by atoms with van der Waals surface area (Å²) in [6.07, 6.45) is 4.39. The summed E-state index contributed by atoms with van der Waals surface area (Å²) in [4.78, 5) is 17.5. The lowest BCUT2D eigenvalue weighted by molar-refractivity contribution is 0.0417. The Morgan fingerprint density at radius 2 is 2.44 bits per heavy atom. The van der Waals surface area contributed by atoms with Crippen LogP contribution in [0.15, 0.2) is 24.5 Å². The average Bonchev–Trinajstić information content (AvgIpc) is 2.28. The minimum absolute atomic E-state index is 0.128. The van der Waals surface area contributed by atoms with Gasteiger partial charge in [0.2, 0.25) is 0 Å². The Morgan fingerprint density at radius 1 is 1.62 bits per heavy atom. The molecule has 86 valence electrons. The van der Waals surface area contributed by atoms with Crippen molar-refractivity contribution in [1.29, 1.82) is 0 Å². The van der Waals surface area contributed by atoms with Crippen LogP contribution in [-0.4, -0.2) is 34.5 Å². The molecule has 1 aliphatic rings. The Labute approximate surface area is 94.3 Å². The smallest absolute Gasteiger partial charge is 0.255 e. The number of aromatic nitrogens is 1. The van der Waals surface area contributed by atoms with Crippen LogP contribution in [0.3, 0.4) is 0 Å².